The van der Waals surface area contributed by atoms with Crippen LogP contribution in [0.25, 0.3) is 77.3 Å². The van der Waals surface area contributed by atoms with Gasteiger partial charge in [0.15, 0.2) is 0 Å². The summed E-state index contributed by atoms with van der Waals surface area (Å²) >= 11 is 1.85. The number of hydrogen-bond donors (Lipinski definition) is 0. The van der Waals surface area contributed by atoms with Gasteiger partial charge >= 0.3 is 0 Å². The molecule has 1 spiro atoms. The lowest BCUT2D eigenvalue weighted by Crippen LogP contribution is -2.32. The molecule has 0 saturated carbocycles. The molecule has 10 aromatic rings. The quantitative estimate of drug-likeness (QED) is 0.168. The zero-order valence-electron chi connectivity index (χ0n) is 28.9. The standard InChI is InChI=1S/C49H28N4S/c1-2-10-37-35(9-1)36-21-17-33(41-22-18-31-15-13-29-7-5-25-50-45(29)47(31)52-41)27-39(36)49(37)38-11-3-4-12-43(38)54-44-24-20-34(28-40(44)49)42-23-19-32-16-14-30-8-6-26-51-46(30)48(32)53-42/h1-28H. The van der Waals surface area contributed by atoms with Crippen LogP contribution in [0.4, 0.5) is 0 Å². The Morgan fingerprint density at radius 2 is 0.889 bits per heavy atom. The van der Waals surface area contributed by atoms with Gasteiger partial charge in [-0.1, -0.05) is 121 Å². The van der Waals surface area contributed by atoms with Gasteiger partial charge in [-0.3, -0.25) is 9.97 Å². The number of hydrogen-bond acceptors (Lipinski definition) is 5. The van der Waals surface area contributed by atoms with E-state index in [0.717, 1.165) is 66.1 Å². The van der Waals surface area contributed by atoms with E-state index >= 15 is 0 Å². The molecule has 0 saturated heterocycles. The minimum atomic E-state index is -0.550. The Balaban J connectivity index is 1.12. The number of nitrogens with zero attached hydrogens (tertiary/aromatic N) is 4. The van der Waals surface area contributed by atoms with Crippen molar-refractivity contribution in [2.45, 2.75) is 15.2 Å². The summed E-state index contributed by atoms with van der Waals surface area (Å²) in [4.78, 5) is 22.6. The Kier molecular flexibility index (Phi) is 6.17. The van der Waals surface area contributed by atoms with Crippen LogP contribution >= 0.6 is 11.8 Å². The van der Waals surface area contributed by atoms with Crippen molar-refractivity contribution in [2.24, 2.45) is 0 Å². The van der Waals surface area contributed by atoms with E-state index in [4.69, 9.17) is 19.9 Å². The molecule has 0 N–H and O–H groups in total. The van der Waals surface area contributed by atoms with Gasteiger partial charge in [-0.05, 0) is 81.9 Å². The molecule has 4 nitrogen and oxygen atoms in total. The second-order valence-corrected chi connectivity index (χ2v) is 15.3. The molecule has 12 rings (SSSR count). The molecular weight excluding hydrogens is 677 g/mol. The predicted molar refractivity (Wildman–Crippen MR) is 220 cm³/mol. The van der Waals surface area contributed by atoms with Crippen molar-refractivity contribution >= 4 is 55.4 Å². The van der Waals surface area contributed by atoms with Gasteiger partial charge in [-0.15, -0.1) is 0 Å². The van der Waals surface area contributed by atoms with Gasteiger partial charge in [-0.25, -0.2) is 9.97 Å². The summed E-state index contributed by atoms with van der Waals surface area (Å²) in [6.45, 7) is 0. The lowest BCUT2D eigenvalue weighted by molar-refractivity contribution is 0.723. The molecule has 5 heteroatoms. The monoisotopic (exact) mass is 704 g/mol. The van der Waals surface area contributed by atoms with Crippen molar-refractivity contribution in [1.29, 1.82) is 0 Å². The SMILES string of the molecule is c1ccc2c(c1)Sc1ccc(-c3ccc4ccc5cccnc5c4n3)cc1C21c2ccccc2-c2ccc(-c3ccc4ccc5cccnc5c4n3)cc21. The maximum atomic E-state index is 5.29. The largest absolute Gasteiger partial charge is 0.254 e. The molecule has 0 radical (unpaired) electrons. The van der Waals surface area contributed by atoms with E-state index in [9.17, 15) is 0 Å². The van der Waals surface area contributed by atoms with Gasteiger partial charge in [0.25, 0.3) is 0 Å². The normalized spacial score (nSPS) is 15.4. The molecule has 5 heterocycles. The van der Waals surface area contributed by atoms with Crippen molar-refractivity contribution < 1.29 is 0 Å². The first-order valence-corrected chi connectivity index (χ1v) is 19.0. The van der Waals surface area contributed by atoms with E-state index in [0.29, 0.717) is 0 Å². The number of benzene rings is 6. The van der Waals surface area contributed by atoms with Crippen molar-refractivity contribution in [3.05, 3.63) is 192 Å². The lowest BCUT2D eigenvalue weighted by atomic mass is 9.67. The van der Waals surface area contributed by atoms with Gasteiger partial charge in [0.1, 0.15) is 0 Å². The Bertz CT molecular complexity index is 3230. The summed E-state index contributed by atoms with van der Waals surface area (Å²) in [5, 5.41) is 4.35. The van der Waals surface area contributed by atoms with Crippen LogP contribution < -0.4 is 0 Å². The highest BCUT2D eigenvalue weighted by molar-refractivity contribution is 7.99. The number of pyridine rings is 4. The van der Waals surface area contributed by atoms with Crippen LogP contribution in [0.2, 0.25) is 0 Å². The zero-order chi connectivity index (χ0) is 35.4. The van der Waals surface area contributed by atoms with Crippen LogP contribution in [-0.4, -0.2) is 19.9 Å². The van der Waals surface area contributed by atoms with Crippen LogP contribution in [-0.2, 0) is 5.41 Å². The zero-order valence-corrected chi connectivity index (χ0v) is 29.7. The maximum Gasteiger partial charge on any atom is 0.0972 e. The summed E-state index contributed by atoms with van der Waals surface area (Å²) in [7, 11) is 0. The Hall–Kier alpha value is -6.69. The third-order valence-electron chi connectivity index (χ3n) is 11.4. The molecule has 0 fully saturated rings. The lowest BCUT2D eigenvalue weighted by Gasteiger charge is -2.40. The Morgan fingerprint density at radius 3 is 1.57 bits per heavy atom. The van der Waals surface area contributed by atoms with Gasteiger partial charge in [0.05, 0.1) is 38.9 Å². The van der Waals surface area contributed by atoms with Gasteiger partial charge in [0, 0.05) is 54.9 Å². The number of fused-ring (bicyclic) bond motifs is 15. The molecule has 0 bridgehead atoms. The van der Waals surface area contributed by atoms with E-state index in [-0.39, 0.29) is 0 Å². The molecule has 1 atom stereocenters. The Labute approximate surface area is 315 Å². The smallest absolute Gasteiger partial charge is 0.0972 e. The fourth-order valence-electron chi connectivity index (χ4n) is 8.99. The van der Waals surface area contributed by atoms with E-state index < -0.39 is 5.41 Å². The highest BCUT2D eigenvalue weighted by Crippen LogP contribution is 2.62. The molecule has 0 amide bonds. The molecular formula is C49H28N4S. The van der Waals surface area contributed by atoms with Gasteiger partial charge in [-0.2, -0.15) is 0 Å². The minimum absolute atomic E-state index is 0.550. The first kappa shape index (κ1) is 29.8. The van der Waals surface area contributed by atoms with Crippen molar-refractivity contribution in [3.63, 3.8) is 0 Å². The van der Waals surface area contributed by atoms with Crippen LogP contribution in [0, 0.1) is 0 Å². The summed E-state index contributed by atoms with van der Waals surface area (Å²) < 4.78 is 0. The third kappa shape index (κ3) is 4.10. The second kappa shape index (κ2) is 11.2. The molecule has 2 aliphatic rings. The molecule has 4 aromatic heterocycles. The molecule has 1 unspecified atom stereocenters. The summed E-state index contributed by atoms with van der Waals surface area (Å²) in [5.41, 5.74) is 14.8. The predicted octanol–water partition coefficient (Wildman–Crippen LogP) is 12.0. The third-order valence-corrected chi connectivity index (χ3v) is 12.5. The fourth-order valence-corrected chi connectivity index (χ4v) is 10.2. The van der Waals surface area contributed by atoms with E-state index in [2.05, 4.69) is 146 Å². The first-order valence-electron chi connectivity index (χ1n) is 18.2. The molecule has 1 aliphatic heterocycles. The van der Waals surface area contributed by atoms with Crippen molar-refractivity contribution in [1.82, 2.24) is 19.9 Å². The van der Waals surface area contributed by atoms with Gasteiger partial charge in [0.2, 0.25) is 0 Å². The van der Waals surface area contributed by atoms with E-state index in [1.54, 1.807) is 0 Å². The van der Waals surface area contributed by atoms with Crippen molar-refractivity contribution in [3.8, 4) is 33.6 Å². The van der Waals surface area contributed by atoms with Crippen LogP contribution in [0.15, 0.2) is 180 Å². The summed E-state index contributed by atoms with van der Waals surface area (Å²) in [5.74, 6) is 0. The van der Waals surface area contributed by atoms with E-state index in [1.807, 2.05) is 36.3 Å². The van der Waals surface area contributed by atoms with Crippen LogP contribution in [0.1, 0.15) is 22.3 Å². The van der Waals surface area contributed by atoms with Crippen LogP contribution in [0.3, 0.4) is 0 Å². The summed E-state index contributed by atoms with van der Waals surface area (Å²) in [6.07, 6.45) is 3.70. The topological polar surface area (TPSA) is 51.6 Å². The van der Waals surface area contributed by atoms with Crippen LogP contribution in [0.5, 0.6) is 0 Å². The van der Waals surface area contributed by atoms with Crippen molar-refractivity contribution in [2.75, 3.05) is 0 Å². The fraction of sp³-hybridized carbons (Fsp3) is 0.0204. The highest BCUT2D eigenvalue weighted by Gasteiger charge is 2.50. The molecule has 54 heavy (non-hydrogen) atoms. The Morgan fingerprint density at radius 1 is 0.370 bits per heavy atom. The average Bonchev–Trinajstić information content (AvgIpc) is 3.53. The summed E-state index contributed by atoms with van der Waals surface area (Å²) in [6, 6.07) is 57.1. The minimum Gasteiger partial charge on any atom is -0.254 e. The maximum absolute atomic E-state index is 5.29. The van der Waals surface area contributed by atoms with Gasteiger partial charge < -0.3 is 0 Å². The average molecular weight is 705 g/mol. The first-order chi connectivity index (χ1) is 26.7. The molecule has 1 aliphatic carbocycles. The number of rotatable bonds is 2. The highest BCUT2D eigenvalue weighted by atomic mass is 32.2. The molecule has 250 valence electrons. The second-order valence-electron chi connectivity index (χ2n) is 14.2. The molecule has 6 aromatic carbocycles. The number of aromatic nitrogens is 4. The van der Waals surface area contributed by atoms with E-state index in [1.165, 1.54) is 43.2 Å².